The lowest BCUT2D eigenvalue weighted by atomic mass is 9.98. The van der Waals surface area contributed by atoms with Crippen LogP contribution in [0.2, 0.25) is 0 Å². The topological polar surface area (TPSA) is 73.0 Å². The molecule has 1 aromatic carbocycles. The Morgan fingerprint density at radius 3 is 2.13 bits per heavy atom. The summed E-state index contributed by atoms with van der Waals surface area (Å²) in [6.45, 7) is 7.02. The molecule has 3 rings (SSSR count). The average molecular weight is 445 g/mol. The van der Waals surface area contributed by atoms with Crippen molar-refractivity contribution in [1.29, 1.82) is 0 Å². The first-order chi connectivity index (χ1) is 14.1. The van der Waals surface area contributed by atoms with Crippen LogP contribution in [0.15, 0.2) is 23.1 Å². The zero-order valence-electron chi connectivity index (χ0n) is 17.5. The molecule has 2 aliphatic rings. The van der Waals surface area contributed by atoms with Gasteiger partial charge in [0.05, 0.1) is 0 Å². The highest BCUT2D eigenvalue weighted by Crippen LogP contribution is 2.24. The van der Waals surface area contributed by atoms with Gasteiger partial charge in [-0.05, 0) is 51.9 Å². The minimum absolute atomic E-state index is 0.0148. The summed E-state index contributed by atoms with van der Waals surface area (Å²) in [4.78, 5) is 15.5. The molecule has 2 amide bonds. The number of benzene rings is 1. The molecule has 2 heterocycles. The summed E-state index contributed by atoms with van der Waals surface area (Å²) in [5, 5.41) is 2.95. The zero-order valence-corrected chi connectivity index (χ0v) is 18.4. The van der Waals surface area contributed by atoms with Crippen LogP contribution in [0.25, 0.3) is 0 Å². The van der Waals surface area contributed by atoms with Crippen LogP contribution in [0.3, 0.4) is 0 Å². The van der Waals surface area contributed by atoms with Crippen molar-refractivity contribution in [2.45, 2.75) is 43.5 Å². The molecular weight excluding hydrogens is 414 g/mol. The van der Waals surface area contributed by atoms with E-state index in [9.17, 15) is 22.0 Å². The molecule has 1 aromatic rings. The number of hydrogen-bond donors (Lipinski definition) is 1. The standard InChI is InChI=1S/C20H30F2N4O3S/c1-20(2,25-9-4-3-5-10-25)15-23-19(27)24-11-13-26(14-12-24)30(28,29)18-16(21)7-6-8-17(18)22/h6-8H,3-5,9-15H2,1-2H3,(H,23,27). The Labute approximate surface area is 177 Å². The van der Waals surface area contributed by atoms with Gasteiger partial charge in [-0.1, -0.05) is 12.5 Å². The van der Waals surface area contributed by atoms with Crippen molar-refractivity contribution >= 4 is 16.1 Å². The van der Waals surface area contributed by atoms with Gasteiger partial charge in [-0.3, -0.25) is 4.90 Å². The molecule has 0 radical (unpaired) electrons. The van der Waals surface area contributed by atoms with E-state index in [1.807, 2.05) is 0 Å². The number of rotatable bonds is 5. The van der Waals surface area contributed by atoms with Crippen LogP contribution >= 0.6 is 0 Å². The van der Waals surface area contributed by atoms with E-state index < -0.39 is 26.6 Å². The molecule has 168 valence electrons. The molecule has 2 aliphatic heterocycles. The summed E-state index contributed by atoms with van der Waals surface area (Å²) < 4.78 is 54.2. The van der Waals surface area contributed by atoms with Crippen LogP contribution in [-0.4, -0.2) is 79.9 Å². The Morgan fingerprint density at radius 2 is 1.57 bits per heavy atom. The number of nitrogens with zero attached hydrogens (tertiary/aromatic N) is 3. The minimum Gasteiger partial charge on any atom is -0.336 e. The smallest absolute Gasteiger partial charge is 0.317 e. The molecule has 0 spiro atoms. The van der Waals surface area contributed by atoms with E-state index >= 15 is 0 Å². The number of urea groups is 1. The normalized spacial score (nSPS) is 19.7. The fraction of sp³-hybridized carbons (Fsp3) is 0.650. The lowest BCUT2D eigenvalue weighted by Crippen LogP contribution is -2.57. The Kier molecular flexibility index (Phi) is 6.98. The maximum Gasteiger partial charge on any atom is 0.317 e. The van der Waals surface area contributed by atoms with Crippen molar-refractivity contribution in [2.75, 3.05) is 45.8 Å². The molecule has 1 N–H and O–H groups in total. The summed E-state index contributed by atoms with van der Waals surface area (Å²) in [7, 11) is -4.30. The number of amides is 2. The van der Waals surface area contributed by atoms with E-state index in [0.29, 0.717) is 6.54 Å². The molecule has 0 aliphatic carbocycles. The second kappa shape index (κ2) is 9.15. The van der Waals surface area contributed by atoms with Crippen molar-refractivity contribution in [3.8, 4) is 0 Å². The highest BCUT2D eigenvalue weighted by molar-refractivity contribution is 7.89. The van der Waals surface area contributed by atoms with Crippen molar-refractivity contribution in [3.05, 3.63) is 29.8 Å². The van der Waals surface area contributed by atoms with Crippen LogP contribution in [-0.2, 0) is 10.0 Å². The molecule has 10 heteroatoms. The monoisotopic (exact) mass is 444 g/mol. The number of carbonyl (C=O) groups excluding carboxylic acids is 1. The maximum atomic E-state index is 13.9. The highest BCUT2D eigenvalue weighted by atomic mass is 32.2. The van der Waals surface area contributed by atoms with Gasteiger partial charge in [0.1, 0.15) is 11.6 Å². The minimum atomic E-state index is -4.30. The van der Waals surface area contributed by atoms with E-state index in [1.165, 1.54) is 11.3 Å². The molecule has 0 atom stereocenters. The van der Waals surface area contributed by atoms with Crippen LogP contribution < -0.4 is 5.32 Å². The first-order valence-corrected chi connectivity index (χ1v) is 11.8. The van der Waals surface area contributed by atoms with E-state index in [-0.39, 0.29) is 37.7 Å². The molecule has 30 heavy (non-hydrogen) atoms. The fourth-order valence-electron chi connectivity index (χ4n) is 4.00. The Hall–Kier alpha value is -1.78. The van der Waals surface area contributed by atoms with Crippen LogP contribution in [0.4, 0.5) is 13.6 Å². The molecule has 2 fully saturated rings. The number of piperazine rings is 1. The van der Waals surface area contributed by atoms with Gasteiger partial charge >= 0.3 is 6.03 Å². The van der Waals surface area contributed by atoms with Crippen molar-refractivity contribution in [2.24, 2.45) is 0 Å². The van der Waals surface area contributed by atoms with Gasteiger partial charge in [-0.2, -0.15) is 4.31 Å². The van der Waals surface area contributed by atoms with Gasteiger partial charge in [0.15, 0.2) is 4.90 Å². The molecule has 7 nitrogen and oxygen atoms in total. The molecule has 0 saturated carbocycles. The number of likely N-dealkylation sites (tertiary alicyclic amines) is 1. The van der Waals surface area contributed by atoms with Crippen molar-refractivity contribution in [3.63, 3.8) is 0 Å². The second-order valence-electron chi connectivity index (χ2n) is 8.46. The van der Waals surface area contributed by atoms with E-state index in [4.69, 9.17) is 0 Å². The van der Waals surface area contributed by atoms with Gasteiger partial charge in [0, 0.05) is 38.3 Å². The van der Waals surface area contributed by atoms with Gasteiger partial charge in [-0.15, -0.1) is 0 Å². The number of halogens is 2. The SMILES string of the molecule is CC(C)(CNC(=O)N1CCN(S(=O)(=O)c2c(F)cccc2F)CC1)N1CCCCC1. The summed E-state index contributed by atoms with van der Waals surface area (Å²) in [6, 6.07) is 2.71. The molecule has 0 bridgehead atoms. The van der Waals surface area contributed by atoms with E-state index in [2.05, 4.69) is 24.1 Å². The third kappa shape index (κ3) is 4.92. The predicted octanol–water partition coefficient (Wildman–Crippen LogP) is 2.25. The zero-order chi connectivity index (χ0) is 21.9. The lowest BCUT2D eigenvalue weighted by Gasteiger charge is -2.41. The lowest BCUT2D eigenvalue weighted by molar-refractivity contribution is 0.0928. The summed E-state index contributed by atoms with van der Waals surface area (Å²) in [5.41, 5.74) is -0.163. The van der Waals surface area contributed by atoms with Crippen LogP contribution in [0.1, 0.15) is 33.1 Å². The molecule has 0 aromatic heterocycles. The largest absolute Gasteiger partial charge is 0.336 e. The third-order valence-electron chi connectivity index (χ3n) is 5.93. The summed E-state index contributed by atoms with van der Waals surface area (Å²) in [6.07, 6.45) is 3.57. The number of nitrogens with one attached hydrogen (secondary N) is 1. The molecule has 2 saturated heterocycles. The second-order valence-corrected chi connectivity index (χ2v) is 10.3. The Balaban J connectivity index is 1.55. The number of sulfonamides is 1. The Bertz CT molecular complexity index is 845. The predicted molar refractivity (Wildman–Crippen MR) is 110 cm³/mol. The van der Waals surface area contributed by atoms with Crippen molar-refractivity contribution in [1.82, 2.24) is 19.4 Å². The third-order valence-corrected chi connectivity index (χ3v) is 7.88. The van der Waals surface area contributed by atoms with Gasteiger partial charge in [0.2, 0.25) is 10.0 Å². The summed E-state index contributed by atoms with van der Waals surface area (Å²) in [5.74, 6) is -2.23. The number of carbonyl (C=O) groups is 1. The maximum absolute atomic E-state index is 13.9. The summed E-state index contributed by atoms with van der Waals surface area (Å²) >= 11 is 0. The first-order valence-electron chi connectivity index (χ1n) is 10.3. The van der Waals surface area contributed by atoms with E-state index in [1.54, 1.807) is 0 Å². The van der Waals surface area contributed by atoms with Gasteiger partial charge in [0.25, 0.3) is 0 Å². The first kappa shape index (κ1) is 22.9. The molecule has 0 unspecified atom stereocenters. The van der Waals surface area contributed by atoms with Gasteiger partial charge in [-0.25, -0.2) is 22.0 Å². The van der Waals surface area contributed by atoms with Crippen LogP contribution in [0, 0.1) is 11.6 Å². The van der Waals surface area contributed by atoms with Gasteiger partial charge < -0.3 is 10.2 Å². The highest BCUT2D eigenvalue weighted by Gasteiger charge is 2.35. The van der Waals surface area contributed by atoms with E-state index in [0.717, 1.165) is 48.4 Å². The number of hydrogen-bond acceptors (Lipinski definition) is 4. The average Bonchev–Trinajstić information content (AvgIpc) is 2.72. The van der Waals surface area contributed by atoms with Crippen molar-refractivity contribution < 1.29 is 22.0 Å². The number of piperidine rings is 1. The molecular formula is C20H30F2N4O3S. The van der Waals surface area contributed by atoms with Crippen LogP contribution in [0.5, 0.6) is 0 Å². The Morgan fingerprint density at radius 1 is 1.00 bits per heavy atom. The fourth-order valence-corrected chi connectivity index (χ4v) is 5.54. The quantitative estimate of drug-likeness (QED) is 0.756.